The van der Waals surface area contributed by atoms with Gasteiger partial charge in [-0.3, -0.25) is 19.2 Å². The van der Waals surface area contributed by atoms with Crippen molar-refractivity contribution < 1.29 is 29.1 Å². The standard InChI is InChI=1S/C27H37N7O6/c1-27(2,3)22(33-23(36)18(28)11-17-12-30-14-31-17)25(38)34-13-16-7-5-4-6-15(16)10-20(34)24(37)32-19(26(39)40)8-9-21(29)35/h4-7,12,14,18-20,22H,8-11,13,28H2,1-3H3,(H2,29,35)(H,30,31)(H,32,37)(H,33,36)(H,39,40)/t18?,19-,20-,22+/m0/s1. The van der Waals surface area contributed by atoms with Crippen LogP contribution in [0.5, 0.6) is 0 Å². The molecule has 13 nitrogen and oxygen atoms in total. The Hall–Kier alpha value is -4.26. The number of nitrogens with one attached hydrogen (secondary N) is 3. The summed E-state index contributed by atoms with van der Waals surface area (Å²) < 4.78 is 0. The molecule has 0 aliphatic carbocycles. The Bertz CT molecular complexity index is 1240. The average molecular weight is 556 g/mol. The molecular formula is C27H37N7O6. The van der Waals surface area contributed by atoms with Crippen LogP contribution in [-0.2, 0) is 43.4 Å². The number of H-pyrrole nitrogens is 1. The maximum Gasteiger partial charge on any atom is 0.326 e. The highest BCUT2D eigenvalue weighted by Gasteiger charge is 2.43. The predicted molar refractivity (Wildman–Crippen MR) is 144 cm³/mol. The van der Waals surface area contributed by atoms with E-state index in [0.29, 0.717) is 5.69 Å². The molecule has 13 heteroatoms. The third-order valence-electron chi connectivity index (χ3n) is 6.86. The quantitative estimate of drug-likeness (QED) is 0.214. The van der Waals surface area contributed by atoms with E-state index in [2.05, 4.69) is 20.6 Å². The maximum atomic E-state index is 14.1. The largest absolute Gasteiger partial charge is 0.480 e. The number of aromatic nitrogens is 2. The molecule has 2 heterocycles. The molecule has 0 radical (unpaired) electrons. The zero-order chi connectivity index (χ0) is 29.6. The van der Waals surface area contributed by atoms with Crippen LogP contribution in [-0.4, -0.2) is 73.7 Å². The van der Waals surface area contributed by atoms with Crippen molar-refractivity contribution >= 4 is 29.6 Å². The zero-order valence-corrected chi connectivity index (χ0v) is 22.8. The summed E-state index contributed by atoms with van der Waals surface area (Å²) in [6.45, 7) is 5.43. The average Bonchev–Trinajstić information content (AvgIpc) is 3.40. The Morgan fingerprint density at radius 1 is 1.15 bits per heavy atom. The van der Waals surface area contributed by atoms with Gasteiger partial charge in [0.25, 0.3) is 0 Å². The summed E-state index contributed by atoms with van der Waals surface area (Å²) in [6, 6.07) is 2.91. The van der Waals surface area contributed by atoms with Gasteiger partial charge >= 0.3 is 5.97 Å². The molecule has 1 aliphatic rings. The number of carboxylic acids is 1. The van der Waals surface area contributed by atoms with Crippen LogP contribution in [0, 0.1) is 5.41 Å². The lowest BCUT2D eigenvalue weighted by Gasteiger charge is -2.41. The van der Waals surface area contributed by atoms with Crippen molar-refractivity contribution in [1.82, 2.24) is 25.5 Å². The van der Waals surface area contributed by atoms with Crippen LogP contribution in [0.1, 0.15) is 50.4 Å². The van der Waals surface area contributed by atoms with Crippen LogP contribution >= 0.6 is 0 Å². The molecule has 1 aromatic heterocycles. The molecule has 1 unspecified atom stereocenters. The van der Waals surface area contributed by atoms with Gasteiger partial charge in [0.15, 0.2) is 0 Å². The molecule has 0 bridgehead atoms. The van der Waals surface area contributed by atoms with Crippen molar-refractivity contribution in [3.8, 4) is 0 Å². The highest BCUT2D eigenvalue weighted by Crippen LogP contribution is 2.28. The predicted octanol–water partition coefficient (Wildman–Crippen LogP) is -0.401. The highest BCUT2D eigenvalue weighted by molar-refractivity contribution is 5.95. The van der Waals surface area contributed by atoms with E-state index < -0.39 is 59.2 Å². The lowest BCUT2D eigenvalue weighted by molar-refractivity contribution is -0.148. The molecule has 1 aromatic carbocycles. The van der Waals surface area contributed by atoms with Crippen LogP contribution in [0.3, 0.4) is 0 Å². The summed E-state index contributed by atoms with van der Waals surface area (Å²) in [5.41, 5.74) is 12.8. The third kappa shape index (κ3) is 7.65. The fourth-order valence-corrected chi connectivity index (χ4v) is 4.59. The van der Waals surface area contributed by atoms with Gasteiger partial charge in [-0.2, -0.15) is 0 Å². The third-order valence-corrected chi connectivity index (χ3v) is 6.86. The minimum absolute atomic E-state index is 0.0781. The van der Waals surface area contributed by atoms with Crippen LogP contribution < -0.4 is 22.1 Å². The van der Waals surface area contributed by atoms with Crippen molar-refractivity contribution in [3.05, 3.63) is 53.6 Å². The second-order valence-electron chi connectivity index (χ2n) is 11.1. The number of primary amides is 1. The second-order valence-corrected chi connectivity index (χ2v) is 11.1. The maximum absolute atomic E-state index is 14.1. The van der Waals surface area contributed by atoms with Crippen molar-refractivity contribution in [2.45, 2.75) is 77.2 Å². The highest BCUT2D eigenvalue weighted by atomic mass is 16.4. The number of amides is 4. The van der Waals surface area contributed by atoms with Crippen molar-refractivity contribution in [2.75, 3.05) is 0 Å². The summed E-state index contributed by atoms with van der Waals surface area (Å²) in [4.78, 5) is 71.7. The minimum Gasteiger partial charge on any atom is -0.480 e. The SMILES string of the molecule is CC(C)(C)[C@H](NC(=O)C(N)Cc1cnc[nH]1)C(=O)N1Cc2ccccc2C[C@H]1C(=O)N[C@@H](CCC(N)=O)C(=O)O. The number of carboxylic acid groups (broad SMARTS) is 1. The lowest BCUT2D eigenvalue weighted by atomic mass is 9.84. The molecule has 4 amide bonds. The van der Waals surface area contributed by atoms with E-state index in [9.17, 15) is 29.1 Å². The monoisotopic (exact) mass is 555 g/mol. The number of hydrogen-bond donors (Lipinski definition) is 6. The number of aliphatic carboxylic acids is 1. The summed E-state index contributed by atoms with van der Waals surface area (Å²) in [6.07, 6.45) is 2.93. The van der Waals surface area contributed by atoms with Crippen LogP contribution in [0.4, 0.5) is 0 Å². The number of fused-ring (bicyclic) bond motifs is 1. The molecule has 3 rings (SSSR count). The van der Waals surface area contributed by atoms with Gasteiger partial charge in [0.05, 0.1) is 12.4 Å². The van der Waals surface area contributed by atoms with E-state index in [1.807, 2.05) is 24.3 Å². The number of nitrogens with zero attached hydrogens (tertiary/aromatic N) is 2. The molecule has 4 atom stereocenters. The van der Waals surface area contributed by atoms with E-state index in [1.54, 1.807) is 27.0 Å². The van der Waals surface area contributed by atoms with Gasteiger partial charge in [0.2, 0.25) is 23.6 Å². The molecular weight excluding hydrogens is 518 g/mol. The Morgan fingerprint density at radius 3 is 2.40 bits per heavy atom. The van der Waals surface area contributed by atoms with Crippen molar-refractivity contribution in [3.63, 3.8) is 0 Å². The van der Waals surface area contributed by atoms with Gasteiger partial charge < -0.3 is 37.1 Å². The number of carbonyl (C=O) groups is 5. The van der Waals surface area contributed by atoms with E-state index in [-0.39, 0.29) is 32.2 Å². The lowest BCUT2D eigenvalue weighted by Crippen LogP contribution is -2.62. The molecule has 1 aliphatic heterocycles. The van der Waals surface area contributed by atoms with Crippen LogP contribution in [0.25, 0.3) is 0 Å². The zero-order valence-electron chi connectivity index (χ0n) is 22.8. The van der Waals surface area contributed by atoms with E-state index in [4.69, 9.17) is 11.5 Å². The van der Waals surface area contributed by atoms with E-state index in [1.165, 1.54) is 11.2 Å². The summed E-state index contributed by atoms with van der Waals surface area (Å²) in [7, 11) is 0. The molecule has 40 heavy (non-hydrogen) atoms. The van der Waals surface area contributed by atoms with Gasteiger partial charge in [0.1, 0.15) is 18.1 Å². The number of aromatic amines is 1. The first-order valence-corrected chi connectivity index (χ1v) is 13.0. The minimum atomic E-state index is -1.37. The smallest absolute Gasteiger partial charge is 0.326 e. The first-order valence-electron chi connectivity index (χ1n) is 13.0. The second kappa shape index (κ2) is 12.7. The molecule has 0 fully saturated rings. The van der Waals surface area contributed by atoms with Gasteiger partial charge in [-0.05, 0) is 23.0 Å². The normalized spacial score (nSPS) is 17.2. The number of imidazole rings is 1. The fraction of sp³-hybridized carbons (Fsp3) is 0.481. The van der Waals surface area contributed by atoms with E-state index in [0.717, 1.165) is 11.1 Å². The van der Waals surface area contributed by atoms with Gasteiger partial charge in [0, 0.05) is 37.7 Å². The first kappa shape index (κ1) is 30.3. The Morgan fingerprint density at radius 2 is 1.82 bits per heavy atom. The molecule has 8 N–H and O–H groups in total. The fourth-order valence-electron chi connectivity index (χ4n) is 4.59. The van der Waals surface area contributed by atoms with Gasteiger partial charge in [-0.25, -0.2) is 9.78 Å². The molecule has 2 aromatic rings. The number of carbonyl (C=O) groups excluding carboxylic acids is 4. The number of rotatable bonds is 11. The van der Waals surface area contributed by atoms with Gasteiger partial charge in [-0.1, -0.05) is 45.0 Å². The molecule has 0 saturated heterocycles. The van der Waals surface area contributed by atoms with E-state index >= 15 is 0 Å². The number of benzene rings is 1. The Labute approximate surface area is 232 Å². The Kier molecular flexibility index (Phi) is 9.64. The van der Waals surface area contributed by atoms with Crippen molar-refractivity contribution in [2.24, 2.45) is 16.9 Å². The number of hydrogen-bond acceptors (Lipinski definition) is 7. The molecule has 0 spiro atoms. The summed E-state index contributed by atoms with van der Waals surface area (Å²) in [5.74, 6) is -3.75. The first-order chi connectivity index (χ1) is 18.8. The summed E-state index contributed by atoms with van der Waals surface area (Å²) >= 11 is 0. The van der Waals surface area contributed by atoms with Crippen LogP contribution in [0.15, 0.2) is 36.8 Å². The summed E-state index contributed by atoms with van der Waals surface area (Å²) in [5, 5.41) is 14.8. The topological polar surface area (TPSA) is 214 Å². The van der Waals surface area contributed by atoms with Gasteiger partial charge in [-0.15, -0.1) is 0 Å². The molecule has 0 saturated carbocycles. The molecule has 216 valence electrons. The van der Waals surface area contributed by atoms with Crippen LogP contribution in [0.2, 0.25) is 0 Å². The van der Waals surface area contributed by atoms with Crippen molar-refractivity contribution in [1.29, 1.82) is 0 Å². The Balaban J connectivity index is 1.87. The number of nitrogens with two attached hydrogens (primary N) is 2.